The molecular formula is C16H13NO. The lowest BCUT2D eigenvalue weighted by Crippen LogP contribution is -2.13. The summed E-state index contributed by atoms with van der Waals surface area (Å²) in [5.74, 6) is -0.0231. The number of benzene rings is 3. The Balaban J connectivity index is 2.27. The van der Waals surface area contributed by atoms with Crippen molar-refractivity contribution in [3.05, 3.63) is 60.2 Å². The largest absolute Gasteiger partial charge is 0.324 e. The molecule has 0 atom stereocenters. The molecule has 0 aliphatic carbocycles. The third-order valence-electron chi connectivity index (χ3n) is 3.21. The molecule has 3 aromatic rings. The topological polar surface area (TPSA) is 43.1 Å². The molecule has 0 aliphatic rings. The highest BCUT2D eigenvalue weighted by molar-refractivity contribution is 6.04. The monoisotopic (exact) mass is 235 g/mol. The number of rotatable bonds is 2. The van der Waals surface area contributed by atoms with E-state index in [0.29, 0.717) is 5.56 Å². The highest BCUT2D eigenvalue weighted by Gasteiger charge is 2.04. The standard InChI is InChI=1S/C16H13NO/c17-10-16(18)14-6-5-13-7-11-3-1-2-4-12(11)8-15(13)9-14/h1-9H,10,17H2. The summed E-state index contributed by atoms with van der Waals surface area (Å²) in [4.78, 5) is 11.6. The molecule has 2 heteroatoms. The maximum atomic E-state index is 11.6. The number of carbonyl (C=O) groups excluding carboxylic acids is 1. The van der Waals surface area contributed by atoms with Crippen LogP contribution in [0.15, 0.2) is 54.6 Å². The van der Waals surface area contributed by atoms with Crippen molar-refractivity contribution < 1.29 is 4.79 Å². The molecule has 2 nitrogen and oxygen atoms in total. The summed E-state index contributed by atoms with van der Waals surface area (Å²) in [5, 5.41) is 4.61. The lowest BCUT2D eigenvalue weighted by Gasteiger charge is -2.04. The minimum absolute atomic E-state index is 0.0231. The number of ketones is 1. The fourth-order valence-electron chi connectivity index (χ4n) is 2.23. The maximum Gasteiger partial charge on any atom is 0.176 e. The Morgan fingerprint density at radius 2 is 1.44 bits per heavy atom. The molecular weight excluding hydrogens is 222 g/mol. The van der Waals surface area contributed by atoms with Gasteiger partial charge in [-0.1, -0.05) is 36.4 Å². The van der Waals surface area contributed by atoms with Crippen molar-refractivity contribution in [2.24, 2.45) is 5.73 Å². The average molecular weight is 235 g/mol. The number of carbonyl (C=O) groups is 1. The average Bonchev–Trinajstić information content (AvgIpc) is 2.43. The summed E-state index contributed by atoms with van der Waals surface area (Å²) < 4.78 is 0. The van der Waals surface area contributed by atoms with Gasteiger partial charge in [0.1, 0.15) is 0 Å². The molecule has 2 N–H and O–H groups in total. The predicted octanol–water partition coefficient (Wildman–Crippen LogP) is 3.13. The molecule has 0 saturated heterocycles. The Hall–Kier alpha value is -2.19. The van der Waals surface area contributed by atoms with E-state index in [0.717, 1.165) is 10.8 Å². The van der Waals surface area contributed by atoms with Crippen LogP contribution in [0.2, 0.25) is 0 Å². The van der Waals surface area contributed by atoms with E-state index in [1.807, 2.05) is 30.3 Å². The molecule has 0 spiro atoms. The van der Waals surface area contributed by atoms with Gasteiger partial charge in [0.05, 0.1) is 6.54 Å². The van der Waals surface area contributed by atoms with Crippen LogP contribution in [0.4, 0.5) is 0 Å². The first kappa shape index (κ1) is 10.9. The highest BCUT2D eigenvalue weighted by atomic mass is 16.1. The van der Waals surface area contributed by atoms with E-state index in [4.69, 9.17) is 5.73 Å². The van der Waals surface area contributed by atoms with Crippen LogP contribution in [0, 0.1) is 0 Å². The number of nitrogens with two attached hydrogens (primary N) is 1. The Morgan fingerprint density at radius 1 is 0.833 bits per heavy atom. The van der Waals surface area contributed by atoms with Crippen LogP contribution < -0.4 is 5.73 Å². The van der Waals surface area contributed by atoms with Gasteiger partial charge in [0, 0.05) is 5.56 Å². The highest BCUT2D eigenvalue weighted by Crippen LogP contribution is 2.23. The second-order valence-electron chi connectivity index (χ2n) is 4.39. The second-order valence-corrected chi connectivity index (χ2v) is 4.39. The first-order chi connectivity index (χ1) is 8.78. The van der Waals surface area contributed by atoms with E-state index in [1.165, 1.54) is 10.8 Å². The molecule has 0 radical (unpaired) electrons. The fraction of sp³-hybridized carbons (Fsp3) is 0.0625. The number of Topliss-reactive ketones (excluding diaryl/α,β-unsaturated/α-hetero) is 1. The van der Waals surface area contributed by atoms with Gasteiger partial charge in [-0.25, -0.2) is 0 Å². The van der Waals surface area contributed by atoms with Gasteiger partial charge in [0.15, 0.2) is 5.78 Å². The molecule has 0 unspecified atom stereocenters. The molecule has 0 saturated carbocycles. The summed E-state index contributed by atoms with van der Waals surface area (Å²) in [7, 11) is 0. The van der Waals surface area contributed by atoms with Crippen LogP contribution in [-0.2, 0) is 0 Å². The van der Waals surface area contributed by atoms with Gasteiger partial charge < -0.3 is 5.73 Å². The van der Waals surface area contributed by atoms with Gasteiger partial charge >= 0.3 is 0 Å². The second kappa shape index (κ2) is 4.24. The first-order valence-corrected chi connectivity index (χ1v) is 5.94. The van der Waals surface area contributed by atoms with Crippen molar-refractivity contribution in [1.29, 1.82) is 0 Å². The van der Waals surface area contributed by atoms with Crippen LogP contribution in [-0.4, -0.2) is 12.3 Å². The molecule has 3 aromatic carbocycles. The van der Waals surface area contributed by atoms with Crippen molar-refractivity contribution in [2.75, 3.05) is 6.54 Å². The molecule has 0 aromatic heterocycles. The molecule has 0 bridgehead atoms. The third kappa shape index (κ3) is 1.77. The molecule has 88 valence electrons. The van der Waals surface area contributed by atoms with Crippen molar-refractivity contribution in [3.63, 3.8) is 0 Å². The summed E-state index contributed by atoms with van der Waals surface area (Å²) >= 11 is 0. The van der Waals surface area contributed by atoms with Gasteiger partial charge in [-0.3, -0.25) is 4.79 Å². The Labute approximate surface area is 105 Å². The van der Waals surface area contributed by atoms with Gasteiger partial charge in [0.25, 0.3) is 0 Å². The van der Waals surface area contributed by atoms with E-state index in [1.54, 1.807) is 0 Å². The van der Waals surface area contributed by atoms with Crippen molar-refractivity contribution in [1.82, 2.24) is 0 Å². The Bertz CT molecular complexity index is 746. The van der Waals surface area contributed by atoms with Crippen molar-refractivity contribution >= 4 is 27.3 Å². The fourth-order valence-corrected chi connectivity index (χ4v) is 2.23. The number of hydrogen-bond acceptors (Lipinski definition) is 2. The van der Waals surface area contributed by atoms with E-state index < -0.39 is 0 Å². The molecule has 0 aliphatic heterocycles. The molecule has 0 fully saturated rings. The SMILES string of the molecule is NCC(=O)c1ccc2cc3ccccc3cc2c1. The maximum absolute atomic E-state index is 11.6. The Kier molecular flexibility index (Phi) is 2.58. The normalized spacial score (nSPS) is 10.9. The van der Waals surface area contributed by atoms with Gasteiger partial charge in [-0.05, 0) is 39.7 Å². The lowest BCUT2D eigenvalue weighted by atomic mass is 10.0. The van der Waals surface area contributed by atoms with E-state index in [9.17, 15) is 4.79 Å². The quantitative estimate of drug-likeness (QED) is 0.547. The zero-order chi connectivity index (χ0) is 12.5. The molecule has 3 rings (SSSR count). The van der Waals surface area contributed by atoms with Gasteiger partial charge in [-0.2, -0.15) is 0 Å². The predicted molar refractivity (Wildman–Crippen MR) is 74.8 cm³/mol. The third-order valence-corrected chi connectivity index (χ3v) is 3.21. The van der Waals surface area contributed by atoms with Crippen molar-refractivity contribution in [3.8, 4) is 0 Å². The summed E-state index contributed by atoms with van der Waals surface area (Å²) in [6.45, 7) is 0.0547. The van der Waals surface area contributed by atoms with Crippen LogP contribution in [0.5, 0.6) is 0 Å². The minimum atomic E-state index is -0.0231. The summed E-state index contributed by atoms with van der Waals surface area (Å²) in [6.07, 6.45) is 0. The van der Waals surface area contributed by atoms with E-state index in [-0.39, 0.29) is 12.3 Å². The first-order valence-electron chi connectivity index (χ1n) is 5.94. The molecule has 0 amide bonds. The van der Waals surface area contributed by atoms with Gasteiger partial charge in [0.2, 0.25) is 0 Å². The lowest BCUT2D eigenvalue weighted by molar-refractivity contribution is 0.100. The van der Waals surface area contributed by atoms with Crippen molar-refractivity contribution in [2.45, 2.75) is 0 Å². The van der Waals surface area contributed by atoms with Crippen LogP contribution in [0.3, 0.4) is 0 Å². The summed E-state index contributed by atoms with van der Waals surface area (Å²) in [6, 6.07) is 18.2. The zero-order valence-corrected chi connectivity index (χ0v) is 9.89. The minimum Gasteiger partial charge on any atom is -0.324 e. The zero-order valence-electron chi connectivity index (χ0n) is 9.89. The van der Waals surface area contributed by atoms with Crippen LogP contribution >= 0.6 is 0 Å². The molecule has 18 heavy (non-hydrogen) atoms. The van der Waals surface area contributed by atoms with Crippen LogP contribution in [0.25, 0.3) is 21.5 Å². The number of hydrogen-bond donors (Lipinski definition) is 1. The summed E-state index contributed by atoms with van der Waals surface area (Å²) in [5.41, 5.74) is 6.07. The van der Waals surface area contributed by atoms with Crippen LogP contribution in [0.1, 0.15) is 10.4 Å². The van der Waals surface area contributed by atoms with E-state index >= 15 is 0 Å². The van der Waals surface area contributed by atoms with E-state index in [2.05, 4.69) is 24.3 Å². The van der Waals surface area contributed by atoms with Gasteiger partial charge in [-0.15, -0.1) is 0 Å². The molecule has 0 heterocycles. The smallest absolute Gasteiger partial charge is 0.176 e. The number of fused-ring (bicyclic) bond motifs is 2. The Morgan fingerprint density at radius 3 is 2.11 bits per heavy atom.